The van der Waals surface area contributed by atoms with Gasteiger partial charge >= 0.3 is 0 Å². The van der Waals surface area contributed by atoms with Gasteiger partial charge in [-0.05, 0) is 43.9 Å². The van der Waals surface area contributed by atoms with Gasteiger partial charge in [-0.3, -0.25) is 9.36 Å². The van der Waals surface area contributed by atoms with Crippen LogP contribution in [0.1, 0.15) is 25.1 Å². The zero-order valence-electron chi connectivity index (χ0n) is 17.6. The Morgan fingerprint density at radius 1 is 1.23 bits per heavy atom. The second kappa shape index (κ2) is 7.88. The van der Waals surface area contributed by atoms with Crippen LogP contribution in [0.3, 0.4) is 0 Å². The fourth-order valence-electron chi connectivity index (χ4n) is 4.40. The number of pyridine rings is 1. The lowest BCUT2D eigenvalue weighted by Gasteiger charge is -2.41. The first-order valence-corrected chi connectivity index (χ1v) is 11.0. The molecule has 0 amide bonds. The molecule has 1 aliphatic heterocycles. The van der Waals surface area contributed by atoms with Crippen LogP contribution in [-0.2, 0) is 11.8 Å². The molecule has 1 saturated carbocycles. The number of benzene rings is 1. The van der Waals surface area contributed by atoms with Crippen molar-refractivity contribution < 1.29 is 9.13 Å². The van der Waals surface area contributed by atoms with Crippen molar-refractivity contribution in [1.29, 1.82) is 0 Å². The maximum Gasteiger partial charge on any atom is 0.263 e. The number of nitrogens with zero attached hydrogens (tertiary/aromatic N) is 4. The van der Waals surface area contributed by atoms with Crippen LogP contribution in [0.4, 0.5) is 10.2 Å². The van der Waals surface area contributed by atoms with Crippen LogP contribution >= 0.6 is 11.6 Å². The summed E-state index contributed by atoms with van der Waals surface area (Å²) in [6.07, 6.45) is 3.82. The fraction of sp³-hybridized carbons (Fsp3) is 0.435. The first kappa shape index (κ1) is 20.4. The highest BCUT2D eigenvalue weighted by Gasteiger charge is 2.33. The van der Waals surface area contributed by atoms with Gasteiger partial charge in [0.1, 0.15) is 17.5 Å². The fourth-order valence-corrected chi connectivity index (χ4v) is 4.56. The Morgan fingerprint density at radius 2 is 2.03 bits per heavy atom. The zero-order chi connectivity index (χ0) is 21.7. The monoisotopic (exact) mass is 442 g/mol. The molecule has 162 valence electrons. The third-order valence-electron chi connectivity index (χ3n) is 6.55. The lowest BCUT2D eigenvalue weighted by atomic mass is 9.80. The summed E-state index contributed by atoms with van der Waals surface area (Å²) < 4.78 is 22.4. The van der Waals surface area contributed by atoms with Crippen LogP contribution in [0.2, 0.25) is 5.02 Å². The van der Waals surface area contributed by atoms with Crippen LogP contribution in [0.15, 0.2) is 29.1 Å². The van der Waals surface area contributed by atoms with E-state index in [1.165, 1.54) is 29.9 Å². The van der Waals surface area contributed by atoms with Gasteiger partial charge in [0, 0.05) is 36.8 Å². The molecule has 0 spiro atoms. The van der Waals surface area contributed by atoms with Crippen molar-refractivity contribution in [2.75, 3.05) is 24.6 Å². The lowest BCUT2D eigenvalue weighted by molar-refractivity contribution is -0.0225. The van der Waals surface area contributed by atoms with E-state index in [4.69, 9.17) is 21.3 Å². The second-order valence-corrected chi connectivity index (χ2v) is 8.85. The molecule has 0 unspecified atom stereocenters. The molecular weight excluding hydrogens is 419 g/mol. The van der Waals surface area contributed by atoms with Gasteiger partial charge in [0.2, 0.25) is 0 Å². The van der Waals surface area contributed by atoms with Crippen molar-refractivity contribution in [1.82, 2.24) is 14.5 Å². The molecule has 31 heavy (non-hydrogen) atoms. The van der Waals surface area contributed by atoms with E-state index in [1.807, 2.05) is 6.07 Å². The van der Waals surface area contributed by atoms with Crippen molar-refractivity contribution in [2.24, 2.45) is 13.0 Å². The normalized spacial score (nSPS) is 19.6. The molecule has 1 aliphatic carbocycles. The van der Waals surface area contributed by atoms with Crippen molar-refractivity contribution in [3.8, 4) is 11.3 Å². The minimum Gasteiger partial charge on any atom is -0.374 e. The van der Waals surface area contributed by atoms with Crippen molar-refractivity contribution in [3.63, 3.8) is 0 Å². The quantitative estimate of drug-likeness (QED) is 0.611. The summed E-state index contributed by atoms with van der Waals surface area (Å²) in [5, 5.41) is 0.599. The number of hydrogen-bond acceptors (Lipinski definition) is 5. The Labute approximate surface area is 184 Å². The number of fused-ring (bicyclic) bond motifs is 1. The maximum atomic E-state index is 14.9. The van der Waals surface area contributed by atoms with E-state index in [1.54, 1.807) is 26.1 Å². The van der Waals surface area contributed by atoms with Crippen molar-refractivity contribution in [3.05, 3.63) is 51.3 Å². The largest absolute Gasteiger partial charge is 0.374 e. The molecule has 0 N–H and O–H groups in total. The molecule has 2 fully saturated rings. The number of aromatic nitrogens is 3. The molecule has 2 aromatic heterocycles. The zero-order valence-corrected chi connectivity index (χ0v) is 18.3. The minimum absolute atomic E-state index is 0.175. The predicted octanol–water partition coefficient (Wildman–Crippen LogP) is 4.10. The standard InChI is InChI=1S/C23H24ClFN4O2/c1-13-26-18-11-20(29-8-9-31-19(12-29)14-4-3-5-14)27-22(21(18)23(30)28(13)2)16-7-6-15(24)10-17(16)25/h6-7,10-11,14,19H,3-5,8-9,12H2,1-2H3/t19-/m0/s1. The molecule has 6 nitrogen and oxygen atoms in total. The molecular formula is C23H24ClFN4O2. The molecule has 3 heterocycles. The van der Waals surface area contributed by atoms with E-state index in [2.05, 4.69) is 9.88 Å². The summed E-state index contributed by atoms with van der Waals surface area (Å²) in [4.78, 5) is 24.7. The number of hydrogen-bond donors (Lipinski definition) is 0. The lowest BCUT2D eigenvalue weighted by Crippen LogP contribution is -2.47. The molecule has 8 heteroatoms. The van der Waals surface area contributed by atoms with E-state index < -0.39 is 5.82 Å². The Balaban J connectivity index is 1.68. The van der Waals surface area contributed by atoms with Gasteiger partial charge in [-0.1, -0.05) is 18.0 Å². The van der Waals surface area contributed by atoms with E-state index >= 15 is 0 Å². The number of ether oxygens (including phenoxy) is 1. The highest BCUT2D eigenvalue weighted by atomic mass is 35.5. The maximum absolute atomic E-state index is 14.9. The summed E-state index contributed by atoms with van der Waals surface area (Å²) in [5.74, 6) is 1.34. The van der Waals surface area contributed by atoms with E-state index in [0.717, 1.165) is 6.54 Å². The van der Waals surface area contributed by atoms with E-state index in [9.17, 15) is 9.18 Å². The van der Waals surface area contributed by atoms with Gasteiger partial charge < -0.3 is 9.64 Å². The Kier molecular flexibility index (Phi) is 5.18. The van der Waals surface area contributed by atoms with Crippen LogP contribution in [-0.4, -0.2) is 40.3 Å². The molecule has 0 radical (unpaired) electrons. The van der Waals surface area contributed by atoms with Crippen LogP contribution in [0.5, 0.6) is 0 Å². The topological polar surface area (TPSA) is 60.2 Å². The van der Waals surface area contributed by atoms with Crippen LogP contribution < -0.4 is 10.5 Å². The van der Waals surface area contributed by atoms with Crippen LogP contribution in [0.25, 0.3) is 22.2 Å². The van der Waals surface area contributed by atoms with E-state index in [-0.39, 0.29) is 17.2 Å². The third kappa shape index (κ3) is 3.59. The minimum atomic E-state index is -0.518. The highest BCUT2D eigenvalue weighted by Crippen LogP contribution is 2.35. The molecule has 3 aromatic rings. The van der Waals surface area contributed by atoms with E-state index in [0.29, 0.717) is 52.3 Å². The number of anilines is 1. The molecule has 2 aliphatic rings. The number of aryl methyl sites for hydroxylation is 1. The van der Waals surface area contributed by atoms with Crippen molar-refractivity contribution in [2.45, 2.75) is 32.3 Å². The average Bonchev–Trinajstić information content (AvgIpc) is 2.70. The number of rotatable bonds is 3. The van der Waals surface area contributed by atoms with Gasteiger partial charge in [-0.25, -0.2) is 14.4 Å². The van der Waals surface area contributed by atoms with Gasteiger partial charge in [0.25, 0.3) is 5.56 Å². The average molecular weight is 443 g/mol. The molecule has 0 bridgehead atoms. The third-order valence-corrected chi connectivity index (χ3v) is 6.79. The van der Waals surface area contributed by atoms with Gasteiger partial charge in [-0.2, -0.15) is 0 Å². The molecule has 1 aromatic carbocycles. The molecule has 1 saturated heterocycles. The molecule has 5 rings (SSSR count). The Bertz CT molecular complexity index is 1220. The predicted molar refractivity (Wildman–Crippen MR) is 119 cm³/mol. The molecule has 1 atom stereocenters. The number of halogens is 2. The first-order chi connectivity index (χ1) is 14.9. The smallest absolute Gasteiger partial charge is 0.263 e. The van der Waals surface area contributed by atoms with Gasteiger partial charge in [0.05, 0.1) is 29.3 Å². The number of morpholine rings is 1. The summed E-state index contributed by atoms with van der Waals surface area (Å²) in [5.41, 5.74) is 0.797. The Hall–Kier alpha value is -2.51. The summed E-state index contributed by atoms with van der Waals surface area (Å²) >= 11 is 5.96. The SMILES string of the molecule is Cc1nc2cc(N3CCO[C@H](C4CCC4)C3)nc(-c3ccc(Cl)cc3F)c2c(=O)n1C. The summed E-state index contributed by atoms with van der Waals surface area (Å²) in [6.45, 7) is 3.82. The first-order valence-electron chi connectivity index (χ1n) is 10.6. The summed E-state index contributed by atoms with van der Waals surface area (Å²) in [7, 11) is 1.66. The second-order valence-electron chi connectivity index (χ2n) is 8.42. The van der Waals surface area contributed by atoms with Gasteiger partial charge in [-0.15, -0.1) is 0 Å². The van der Waals surface area contributed by atoms with Crippen molar-refractivity contribution >= 4 is 28.3 Å². The van der Waals surface area contributed by atoms with Crippen LogP contribution in [0, 0.1) is 18.7 Å². The highest BCUT2D eigenvalue weighted by molar-refractivity contribution is 6.30. The Morgan fingerprint density at radius 3 is 2.74 bits per heavy atom. The summed E-state index contributed by atoms with van der Waals surface area (Å²) in [6, 6.07) is 6.25. The van der Waals surface area contributed by atoms with Gasteiger partial charge in [0.15, 0.2) is 0 Å².